The van der Waals surface area contributed by atoms with Crippen molar-refractivity contribution in [1.82, 2.24) is 10.3 Å². The van der Waals surface area contributed by atoms with Gasteiger partial charge in [-0.3, -0.25) is 4.79 Å². The van der Waals surface area contributed by atoms with E-state index in [4.69, 9.17) is 11.6 Å². The van der Waals surface area contributed by atoms with E-state index in [2.05, 4.69) is 10.3 Å². The molecule has 1 heterocycles. The number of benzene rings is 2. The average molecular weight is 361 g/mol. The molecule has 0 atom stereocenters. The van der Waals surface area contributed by atoms with Crippen LogP contribution in [-0.2, 0) is 6.54 Å². The average Bonchev–Trinajstić information content (AvgIpc) is 2.99. The Balaban J connectivity index is 1.65. The first kappa shape index (κ1) is 16.6. The first-order chi connectivity index (χ1) is 11.5. The third-order valence-electron chi connectivity index (χ3n) is 3.50. The Morgan fingerprint density at radius 1 is 1.25 bits per heavy atom. The SMILES string of the molecule is Cc1nc(-c2ccc(CNC(=O)c3ccc(Cl)cc3F)cc2)cs1. The fourth-order valence-electron chi connectivity index (χ4n) is 2.24. The zero-order valence-corrected chi connectivity index (χ0v) is 14.4. The quantitative estimate of drug-likeness (QED) is 0.723. The van der Waals surface area contributed by atoms with Gasteiger partial charge in [-0.25, -0.2) is 9.37 Å². The summed E-state index contributed by atoms with van der Waals surface area (Å²) in [6, 6.07) is 11.7. The van der Waals surface area contributed by atoms with Gasteiger partial charge in [-0.15, -0.1) is 11.3 Å². The molecule has 2 aromatic carbocycles. The van der Waals surface area contributed by atoms with E-state index >= 15 is 0 Å². The highest BCUT2D eigenvalue weighted by Gasteiger charge is 2.11. The van der Waals surface area contributed by atoms with Crippen molar-refractivity contribution in [2.24, 2.45) is 0 Å². The van der Waals surface area contributed by atoms with Gasteiger partial charge >= 0.3 is 0 Å². The maximum absolute atomic E-state index is 13.7. The van der Waals surface area contributed by atoms with Gasteiger partial charge < -0.3 is 5.32 Å². The fraction of sp³-hybridized carbons (Fsp3) is 0.111. The van der Waals surface area contributed by atoms with Crippen LogP contribution in [0, 0.1) is 12.7 Å². The van der Waals surface area contributed by atoms with Crippen LogP contribution in [0.3, 0.4) is 0 Å². The number of rotatable bonds is 4. The third-order valence-corrected chi connectivity index (χ3v) is 4.51. The second-order valence-electron chi connectivity index (χ2n) is 5.26. The molecule has 3 rings (SSSR count). The van der Waals surface area contributed by atoms with Gasteiger partial charge in [0.15, 0.2) is 0 Å². The Labute approximate surface area is 148 Å². The summed E-state index contributed by atoms with van der Waals surface area (Å²) in [4.78, 5) is 16.5. The predicted molar refractivity (Wildman–Crippen MR) is 94.9 cm³/mol. The number of aryl methyl sites for hydroxylation is 1. The first-order valence-corrected chi connectivity index (χ1v) is 8.53. The lowest BCUT2D eigenvalue weighted by atomic mass is 10.1. The lowest BCUT2D eigenvalue weighted by Crippen LogP contribution is -2.23. The third kappa shape index (κ3) is 3.80. The molecular formula is C18H14ClFN2OS. The largest absolute Gasteiger partial charge is 0.348 e. The smallest absolute Gasteiger partial charge is 0.254 e. The minimum atomic E-state index is -0.630. The van der Waals surface area contributed by atoms with Crippen molar-refractivity contribution in [1.29, 1.82) is 0 Å². The Kier molecular flexibility index (Phi) is 4.92. The van der Waals surface area contributed by atoms with E-state index < -0.39 is 11.7 Å². The van der Waals surface area contributed by atoms with E-state index in [0.717, 1.165) is 27.9 Å². The predicted octanol–water partition coefficient (Wildman–Crippen LogP) is 4.84. The van der Waals surface area contributed by atoms with Gasteiger partial charge in [0.1, 0.15) is 5.82 Å². The Hall–Kier alpha value is -2.24. The first-order valence-electron chi connectivity index (χ1n) is 7.27. The van der Waals surface area contributed by atoms with Gasteiger partial charge in [-0.1, -0.05) is 35.9 Å². The van der Waals surface area contributed by atoms with Gasteiger partial charge in [-0.2, -0.15) is 0 Å². The molecule has 1 amide bonds. The summed E-state index contributed by atoms with van der Waals surface area (Å²) < 4.78 is 13.7. The molecule has 0 spiro atoms. The molecule has 1 aromatic heterocycles. The van der Waals surface area contributed by atoms with Gasteiger partial charge in [0, 0.05) is 22.5 Å². The minimum absolute atomic E-state index is 0.0195. The number of carbonyl (C=O) groups is 1. The number of nitrogens with one attached hydrogen (secondary N) is 1. The lowest BCUT2D eigenvalue weighted by molar-refractivity contribution is 0.0947. The number of hydrogen-bond acceptors (Lipinski definition) is 3. The van der Waals surface area contributed by atoms with E-state index in [0.29, 0.717) is 6.54 Å². The number of aromatic nitrogens is 1. The standard InChI is InChI=1S/C18H14ClFN2OS/c1-11-22-17(10-24-11)13-4-2-12(3-5-13)9-21-18(23)15-7-6-14(19)8-16(15)20/h2-8,10H,9H2,1H3,(H,21,23). The van der Waals surface area contributed by atoms with Crippen molar-refractivity contribution in [2.75, 3.05) is 0 Å². The molecule has 3 nitrogen and oxygen atoms in total. The van der Waals surface area contributed by atoms with Crippen molar-refractivity contribution in [3.63, 3.8) is 0 Å². The van der Waals surface area contributed by atoms with Crippen LogP contribution in [0.2, 0.25) is 5.02 Å². The van der Waals surface area contributed by atoms with E-state index in [1.165, 1.54) is 12.1 Å². The molecule has 0 aliphatic rings. The maximum atomic E-state index is 13.7. The molecule has 24 heavy (non-hydrogen) atoms. The van der Waals surface area contributed by atoms with Crippen molar-refractivity contribution in [3.05, 3.63) is 74.8 Å². The van der Waals surface area contributed by atoms with Crippen LogP contribution in [0.4, 0.5) is 4.39 Å². The number of halogens is 2. The number of hydrogen-bond donors (Lipinski definition) is 1. The van der Waals surface area contributed by atoms with Crippen molar-refractivity contribution < 1.29 is 9.18 Å². The fourth-order valence-corrected chi connectivity index (χ4v) is 3.02. The van der Waals surface area contributed by atoms with Crippen molar-refractivity contribution >= 4 is 28.8 Å². The molecule has 0 aliphatic carbocycles. The summed E-state index contributed by atoms with van der Waals surface area (Å²) in [7, 11) is 0. The van der Waals surface area contributed by atoms with Gasteiger partial charge in [0.2, 0.25) is 0 Å². The van der Waals surface area contributed by atoms with Crippen LogP contribution in [0.15, 0.2) is 47.8 Å². The number of carbonyl (C=O) groups excluding carboxylic acids is 1. The number of amides is 1. The van der Waals surface area contributed by atoms with Crippen LogP contribution in [0.5, 0.6) is 0 Å². The zero-order chi connectivity index (χ0) is 17.1. The van der Waals surface area contributed by atoms with Gasteiger partial charge in [0.05, 0.1) is 16.3 Å². The van der Waals surface area contributed by atoms with Gasteiger partial charge in [0.25, 0.3) is 5.91 Å². The van der Waals surface area contributed by atoms with Crippen LogP contribution in [0.1, 0.15) is 20.9 Å². The van der Waals surface area contributed by atoms with Crippen LogP contribution in [0.25, 0.3) is 11.3 Å². The molecular weight excluding hydrogens is 347 g/mol. The van der Waals surface area contributed by atoms with Gasteiger partial charge in [-0.05, 0) is 30.7 Å². The molecule has 0 unspecified atom stereocenters. The highest BCUT2D eigenvalue weighted by molar-refractivity contribution is 7.09. The van der Waals surface area contributed by atoms with Crippen LogP contribution in [-0.4, -0.2) is 10.9 Å². The molecule has 0 fully saturated rings. The number of thiazole rings is 1. The van der Waals surface area contributed by atoms with E-state index in [-0.39, 0.29) is 10.6 Å². The molecule has 0 saturated carbocycles. The summed E-state index contributed by atoms with van der Waals surface area (Å²) in [5, 5.41) is 5.99. The highest BCUT2D eigenvalue weighted by Crippen LogP contribution is 2.22. The second-order valence-corrected chi connectivity index (χ2v) is 6.75. The Bertz CT molecular complexity index is 877. The minimum Gasteiger partial charge on any atom is -0.348 e. The molecule has 0 saturated heterocycles. The van der Waals surface area contributed by atoms with Crippen molar-refractivity contribution in [2.45, 2.75) is 13.5 Å². The second kappa shape index (κ2) is 7.11. The summed E-state index contributed by atoms with van der Waals surface area (Å²) in [6.45, 7) is 2.28. The molecule has 3 aromatic rings. The normalized spacial score (nSPS) is 10.6. The monoisotopic (exact) mass is 360 g/mol. The summed E-state index contributed by atoms with van der Waals surface area (Å²) in [5.41, 5.74) is 2.87. The molecule has 0 bridgehead atoms. The lowest BCUT2D eigenvalue weighted by Gasteiger charge is -2.07. The van der Waals surface area contributed by atoms with Crippen LogP contribution >= 0.6 is 22.9 Å². The zero-order valence-electron chi connectivity index (χ0n) is 12.8. The molecule has 0 aliphatic heterocycles. The summed E-state index contributed by atoms with van der Waals surface area (Å²) in [5.74, 6) is -1.10. The topological polar surface area (TPSA) is 42.0 Å². The summed E-state index contributed by atoms with van der Waals surface area (Å²) in [6.07, 6.45) is 0. The molecule has 6 heteroatoms. The maximum Gasteiger partial charge on any atom is 0.254 e. The Morgan fingerprint density at radius 3 is 2.62 bits per heavy atom. The molecule has 122 valence electrons. The van der Waals surface area contributed by atoms with E-state index in [1.54, 1.807) is 11.3 Å². The van der Waals surface area contributed by atoms with E-state index in [9.17, 15) is 9.18 Å². The summed E-state index contributed by atoms with van der Waals surface area (Å²) >= 11 is 7.29. The van der Waals surface area contributed by atoms with E-state index in [1.807, 2.05) is 36.6 Å². The molecule has 0 radical (unpaired) electrons. The number of nitrogens with zero attached hydrogens (tertiary/aromatic N) is 1. The Morgan fingerprint density at radius 2 is 2.00 bits per heavy atom. The molecule has 1 N–H and O–H groups in total. The highest BCUT2D eigenvalue weighted by atomic mass is 35.5. The van der Waals surface area contributed by atoms with Crippen LogP contribution < -0.4 is 5.32 Å². The van der Waals surface area contributed by atoms with Crippen molar-refractivity contribution in [3.8, 4) is 11.3 Å².